The van der Waals surface area contributed by atoms with Crippen molar-refractivity contribution < 1.29 is 17.9 Å². The number of carbonyl (C=O) groups is 1. The standard InChI is InChI=1S/C23H21ClN4O4S3/c1-32-18-9-8-16(24)21-20(18)26-23(34-21)27(14-15-5-2-10-25-13-15)22(29)17-6-3-11-28(17)35(30,31)19-7-4-12-33-19/h2,4-5,7-10,12-13,17H,3,6,11,14H2,1H3. The Morgan fingerprint density at radius 3 is 2.86 bits per heavy atom. The molecule has 1 aliphatic heterocycles. The minimum atomic E-state index is -3.79. The summed E-state index contributed by atoms with van der Waals surface area (Å²) in [6, 6.07) is 9.54. The van der Waals surface area contributed by atoms with Crippen LogP contribution in [0.3, 0.4) is 0 Å². The Bertz CT molecular complexity index is 1460. The fourth-order valence-corrected chi connectivity index (χ4v) is 8.15. The van der Waals surface area contributed by atoms with E-state index in [4.69, 9.17) is 21.3 Å². The highest BCUT2D eigenvalue weighted by Crippen LogP contribution is 2.40. The third kappa shape index (κ3) is 4.54. The van der Waals surface area contributed by atoms with E-state index in [1.165, 1.54) is 20.5 Å². The lowest BCUT2D eigenvalue weighted by Gasteiger charge is -2.28. The summed E-state index contributed by atoms with van der Waals surface area (Å²) in [6.07, 6.45) is 4.36. The summed E-state index contributed by atoms with van der Waals surface area (Å²) in [5.41, 5.74) is 1.35. The van der Waals surface area contributed by atoms with Crippen LogP contribution in [0.5, 0.6) is 5.75 Å². The molecule has 35 heavy (non-hydrogen) atoms. The normalized spacial score (nSPS) is 16.6. The van der Waals surface area contributed by atoms with Crippen molar-refractivity contribution in [3.63, 3.8) is 0 Å². The Labute approximate surface area is 215 Å². The third-order valence-corrected chi connectivity index (χ3v) is 10.6. The van der Waals surface area contributed by atoms with E-state index >= 15 is 0 Å². The number of halogens is 1. The number of pyridine rings is 1. The van der Waals surface area contributed by atoms with Crippen molar-refractivity contribution in [2.75, 3.05) is 18.6 Å². The largest absolute Gasteiger partial charge is 0.494 e. The van der Waals surface area contributed by atoms with Crippen LogP contribution in [0.15, 0.2) is 58.4 Å². The number of carbonyl (C=O) groups excluding carboxylic acids is 1. The van der Waals surface area contributed by atoms with Gasteiger partial charge in [-0.1, -0.05) is 35.1 Å². The van der Waals surface area contributed by atoms with E-state index in [0.29, 0.717) is 39.0 Å². The number of nitrogens with zero attached hydrogens (tertiary/aromatic N) is 4. The Morgan fingerprint density at radius 1 is 1.29 bits per heavy atom. The van der Waals surface area contributed by atoms with E-state index in [9.17, 15) is 13.2 Å². The fraction of sp³-hybridized carbons (Fsp3) is 0.261. The SMILES string of the molecule is COc1ccc(Cl)c2sc(N(Cc3cccnc3)C(=O)C3CCCN3S(=O)(=O)c3cccs3)nc12. The van der Waals surface area contributed by atoms with E-state index in [-0.39, 0.29) is 23.2 Å². The molecule has 1 unspecified atom stereocenters. The molecule has 8 nitrogen and oxygen atoms in total. The van der Waals surface area contributed by atoms with E-state index in [2.05, 4.69) is 4.98 Å². The number of hydrogen-bond acceptors (Lipinski definition) is 8. The highest BCUT2D eigenvalue weighted by atomic mass is 35.5. The molecule has 0 saturated carbocycles. The lowest BCUT2D eigenvalue weighted by Crippen LogP contribution is -2.47. The van der Waals surface area contributed by atoms with Gasteiger partial charge in [0.1, 0.15) is 21.5 Å². The molecule has 1 aliphatic rings. The predicted octanol–water partition coefficient (Wildman–Crippen LogP) is 4.80. The van der Waals surface area contributed by atoms with Crippen molar-refractivity contribution in [3.8, 4) is 5.75 Å². The number of thiophene rings is 1. The van der Waals surface area contributed by atoms with Crippen LogP contribution < -0.4 is 9.64 Å². The molecule has 182 valence electrons. The minimum absolute atomic E-state index is 0.190. The van der Waals surface area contributed by atoms with Crippen LogP contribution in [-0.2, 0) is 21.4 Å². The molecule has 1 amide bonds. The molecule has 3 aromatic heterocycles. The summed E-state index contributed by atoms with van der Waals surface area (Å²) >= 11 is 8.84. The lowest BCUT2D eigenvalue weighted by molar-refractivity contribution is -0.121. The molecule has 1 atom stereocenters. The van der Waals surface area contributed by atoms with Crippen LogP contribution in [0.2, 0.25) is 5.02 Å². The zero-order chi connectivity index (χ0) is 24.6. The number of rotatable bonds is 7. The average Bonchev–Trinajstić information content (AvgIpc) is 3.64. The fourth-order valence-electron chi connectivity index (χ4n) is 4.12. The number of ether oxygens (including phenoxy) is 1. The summed E-state index contributed by atoms with van der Waals surface area (Å²) in [6.45, 7) is 0.479. The predicted molar refractivity (Wildman–Crippen MR) is 138 cm³/mol. The van der Waals surface area contributed by atoms with Gasteiger partial charge in [-0.25, -0.2) is 13.4 Å². The molecule has 4 aromatic rings. The van der Waals surface area contributed by atoms with Gasteiger partial charge in [0.2, 0.25) is 5.91 Å². The molecule has 1 saturated heterocycles. The average molecular weight is 549 g/mol. The van der Waals surface area contributed by atoms with Gasteiger partial charge in [-0.2, -0.15) is 4.31 Å². The van der Waals surface area contributed by atoms with Gasteiger partial charge in [0.05, 0.1) is 23.4 Å². The van der Waals surface area contributed by atoms with Crippen molar-refractivity contribution in [1.82, 2.24) is 14.3 Å². The molecule has 5 rings (SSSR count). The lowest BCUT2D eigenvalue weighted by atomic mass is 10.2. The van der Waals surface area contributed by atoms with Gasteiger partial charge in [0.25, 0.3) is 10.0 Å². The maximum Gasteiger partial charge on any atom is 0.253 e. The zero-order valence-corrected chi connectivity index (χ0v) is 21.8. The number of hydrogen-bond donors (Lipinski definition) is 0. The number of benzene rings is 1. The van der Waals surface area contributed by atoms with Gasteiger partial charge in [-0.15, -0.1) is 11.3 Å². The van der Waals surface area contributed by atoms with Crippen LogP contribution in [0.25, 0.3) is 10.2 Å². The number of anilines is 1. The van der Waals surface area contributed by atoms with Crippen LogP contribution >= 0.6 is 34.3 Å². The Kier molecular flexibility index (Phi) is 6.78. The summed E-state index contributed by atoms with van der Waals surface area (Å²) in [5.74, 6) is 0.212. The summed E-state index contributed by atoms with van der Waals surface area (Å²) in [4.78, 5) is 24.4. The highest BCUT2D eigenvalue weighted by molar-refractivity contribution is 7.91. The van der Waals surface area contributed by atoms with Gasteiger partial charge in [-0.05, 0) is 48.1 Å². The zero-order valence-electron chi connectivity index (χ0n) is 18.6. The second kappa shape index (κ2) is 9.82. The summed E-state index contributed by atoms with van der Waals surface area (Å²) in [5, 5.41) is 2.63. The Hall–Kier alpha value is -2.57. The molecular formula is C23H21ClN4O4S3. The van der Waals surface area contributed by atoms with Crippen molar-refractivity contribution in [2.24, 2.45) is 0 Å². The molecule has 0 spiro atoms. The molecule has 12 heteroatoms. The molecule has 0 N–H and O–H groups in total. The van der Waals surface area contributed by atoms with E-state index in [1.54, 1.807) is 55.2 Å². The topological polar surface area (TPSA) is 92.7 Å². The monoisotopic (exact) mass is 548 g/mol. The molecule has 1 aromatic carbocycles. The second-order valence-corrected chi connectivity index (χ2v) is 12.4. The maximum absolute atomic E-state index is 14.0. The first-order valence-corrected chi connectivity index (χ1v) is 14.3. The number of aromatic nitrogens is 2. The number of thiazole rings is 1. The van der Waals surface area contributed by atoms with Crippen LogP contribution in [-0.4, -0.2) is 48.3 Å². The van der Waals surface area contributed by atoms with Gasteiger partial charge in [-0.3, -0.25) is 14.7 Å². The van der Waals surface area contributed by atoms with E-state index < -0.39 is 16.1 Å². The number of fused-ring (bicyclic) bond motifs is 1. The minimum Gasteiger partial charge on any atom is -0.494 e. The van der Waals surface area contributed by atoms with Crippen molar-refractivity contribution in [2.45, 2.75) is 29.6 Å². The third-order valence-electron chi connectivity index (χ3n) is 5.77. The van der Waals surface area contributed by atoms with Crippen LogP contribution in [0.1, 0.15) is 18.4 Å². The first kappa shape index (κ1) is 24.1. The molecule has 0 aliphatic carbocycles. The van der Waals surface area contributed by atoms with Crippen LogP contribution in [0.4, 0.5) is 5.13 Å². The van der Waals surface area contributed by atoms with Gasteiger partial charge in [0.15, 0.2) is 5.13 Å². The van der Waals surface area contributed by atoms with Crippen molar-refractivity contribution >= 4 is 65.6 Å². The molecule has 1 fully saturated rings. The highest BCUT2D eigenvalue weighted by Gasteiger charge is 2.42. The maximum atomic E-state index is 14.0. The summed E-state index contributed by atoms with van der Waals surface area (Å²) in [7, 11) is -2.24. The quantitative estimate of drug-likeness (QED) is 0.329. The first-order chi connectivity index (χ1) is 16.9. The van der Waals surface area contributed by atoms with Crippen LogP contribution in [0, 0.1) is 0 Å². The first-order valence-electron chi connectivity index (χ1n) is 10.8. The van der Waals surface area contributed by atoms with Crippen molar-refractivity contribution in [3.05, 3.63) is 64.8 Å². The number of methoxy groups -OCH3 is 1. The smallest absolute Gasteiger partial charge is 0.253 e. The Balaban J connectivity index is 1.57. The van der Waals surface area contributed by atoms with Crippen molar-refractivity contribution in [1.29, 1.82) is 0 Å². The summed E-state index contributed by atoms with van der Waals surface area (Å²) < 4.78 is 34.3. The van der Waals surface area contributed by atoms with Gasteiger partial charge >= 0.3 is 0 Å². The Morgan fingerprint density at radius 2 is 2.14 bits per heavy atom. The number of sulfonamides is 1. The second-order valence-electron chi connectivity index (χ2n) is 7.92. The van der Waals surface area contributed by atoms with E-state index in [1.807, 2.05) is 6.07 Å². The van der Waals surface area contributed by atoms with Gasteiger partial charge < -0.3 is 4.74 Å². The molecular weight excluding hydrogens is 528 g/mol. The van der Waals surface area contributed by atoms with Gasteiger partial charge in [0, 0.05) is 18.9 Å². The molecule has 4 heterocycles. The number of amides is 1. The molecule has 0 bridgehead atoms. The van der Waals surface area contributed by atoms with E-state index in [0.717, 1.165) is 16.9 Å². The molecule has 0 radical (unpaired) electrons.